The molecule has 1 heterocycles. The number of thiophene rings is 1. The van der Waals surface area contributed by atoms with E-state index in [1.165, 1.54) is 13.2 Å². The number of rotatable bonds is 2. The number of hydrogen-bond donors (Lipinski definition) is 1. The van der Waals surface area contributed by atoms with Crippen molar-refractivity contribution in [1.82, 2.24) is 0 Å². The zero-order chi connectivity index (χ0) is 9.35. The van der Waals surface area contributed by atoms with E-state index in [2.05, 4.69) is 15.9 Å². The molecule has 0 spiro atoms. The molecule has 1 aromatic rings. The van der Waals surface area contributed by atoms with Gasteiger partial charge in [-0.1, -0.05) is 0 Å². The van der Waals surface area contributed by atoms with E-state index in [4.69, 9.17) is 9.88 Å². The summed E-state index contributed by atoms with van der Waals surface area (Å²) in [6, 6.07) is 1.38. The normalized spacial score (nSPS) is 11.6. The minimum absolute atomic E-state index is 0.0891. The number of ether oxygens (including phenoxy) is 1. The zero-order valence-electron chi connectivity index (χ0n) is 6.07. The highest BCUT2D eigenvalue weighted by atomic mass is 79.9. The van der Waals surface area contributed by atoms with Gasteiger partial charge in [0.1, 0.15) is 13.7 Å². The van der Waals surface area contributed by atoms with Crippen LogP contribution < -0.4 is 9.88 Å². The Labute approximate surface area is 82.5 Å². The van der Waals surface area contributed by atoms with Crippen LogP contribution in [0.25, 0.3) is 0 Å². The van der Waals surface area contributed by atoms with Crippen LogP contribution in [0, 0.1) is 0 Å². The Morgan fingerprint density at radius 1 is 1.67 bits per heavy atom. The lowest BCUT2D eigenvalue weighted by molar-refractivity contribution is 0.413. The highest BCUT2D eigenvalue weighted by Crippen LogP contribution is 2.35. The molecule has 0 aliphatic rings. The molecular formula is C5H6BrNO3S2. The quantitative estimate of drug-likeness (QED) is 0.878. The molecule has 1 rings (SSSR count). The Hall–Kier alpha value is -0.110. The van der Waals surface area contributed by atoms with Gasteiger partial charge in [0.05, 0.1) is 7.11 Å². The van der Waals surface area contributed by atoms with E-state index in [0.29, 0.717) is 9.54 Å². The van der Waals surface area contributed by atoms with Crippen molar-refractivity contribution in [3.63, 3.8) is 0 Å². The summed E-state index contributed by atoms with van der Waals surface area (Å²) in [6.07, 6.45) is 0. The monoisotopic (exact) mass is 271 g/mol. The van der Waals surface area contributed by atoms with Gasteiger partial charge >= 0.3 is 0 Å². The minimum atomic E-state index is -3.61. The van der Waals surface area contributed by atoms with Gasteiger partial charge in [0.2, 0.25) is 10.0 Å². The number of hydrogen-bond acceptors (Lipinski definition) is 4. The predicted octanol–water partition coefficient (Wildman–Crippen LogP) is 1.17. The van der Waals surface area contributed by atoms with Crippen molar-refractivity contribution in [2.24, 2.45) is 5.14 Å². The largest absolute Gasteiger partial charge is 0.495 e. The van der Waals surface area contributed by atoms with Gasteiger partial charge in [-0.05, 0) is 15.9 Å². The summed E-state index contributed by atoms with van der Waals surface area (Å²) in [7, 11) is -2.15. The Bertz CT molecular complexity index is 383. The van der Waals surface area contributed by atoms with Gasteiger partial charge < -0.3 is 4.74 Å². The first-order valence-corrected chi connectivity index (χ1v) is 5.97. The van der Waals surface area contributed by atoms with Crippen LogP contribution in [0.2, 0.25) is 0 Å². The lowest BCUT2D eigenvalue weighted by Gasteiger charge is -1.91. The molecule has 0 atom stereocenters. The van der Waals surface area contributed by atoms with Gasteiger partial charge in [-0.2, -0.15) is 0 Å². The Balaban J connectivity index is 3.23. The molecule has 4 nitrogen and oxygen atoms in total. The molecule has 0 aromatic carbocycles. The van der Waals surface area contributed by atoms with Crippen LogP contribution in [0.3, 0.4) is 0 Å². The maximum atomic E-state index is 10.8. The van der Waals surface area contributed by atoms with Crippen LogP contribution in [0.1, 0.15) is 0 Å². The van der Waals surface area contributed by atoms with Crippen LogP contribution in [0.5, 0.6) is 5.75 Å². The van der Waals surface area contributed by atoms with Crippen LogP contribution in [-0.2, 0) is 10.0 Å². The van der Waals surface area contributed by atoms with Crippen LogP contribution in [0.15, 0.2) is 14.1 Å². The second-order valence-electron chi connectivity index (χ2n) is 1.95. The molecule has 0 unspecified atom stereocenters. The predicted molar refractivity (Wildman–Crippen MR) is 49.9 cm³/mol. The van der Waals surface area contributed by atoms with E-state index >= 15 is 0 Å². The summed E-state index contributed by atoms with van der Waals surface area (Å²) in [5.41, 5.74) is 0. The third kappa shape index (κ3) is 1.98. The fourth-order valence-corrected chi connectivity index (χ4v) is 3.30. The van der Waals surface area contributed by atoms with E-state index in [9.17, 15) is 8.42 Å². The first-order valence-electron chi connectivity index (χ1n) is 2.81. The lowest BCUT2D eigenvalue weighted by Crippen LogP contribution is -2.09. The van der Waals surface area contributed by atoms with Crippen molar-refractivity contribution in [2.45, 2.75) is 4.21 Å². The molecule has 12 heavy (non-hydrogen) atoms. The molecule has 0 aliphatic heterocycles. The average Bonchev–Trinajstić information content (AvgIpc) is 2.29. The number of halogens is 1. The molecular weight excluding hydrogens is 266 g/mol. The Morgan fingerprint density at radius 2 is 2.25 bits per heavy atom. The molecule has 0 saturated carbocycles. The first-order chi connectivity index (χ1) is 5.45. The summed E-state index contributed by atoms with van der Waals surface area (Å²) in [5.74, 6) is 0.476. The Kier molecular flexibility index (Phi) is 2.77. The third-order valence-corrected chi connectivity index (χ3v) is 4.33. The second kappa shape index (κ2) is 3.33. The number of primary sulfonamides is 1. The van der Waals surface area contributed by atoms with Crippen LogP contribution >= 0.6 is 27.3 Å². The molecule has 7 heteroatoms. The molecule has 2 N–H and O–H groups in total. The summed E-state index contributed by atoms with van der Waals surface area (Å²) >= 11 is 4.17. The van der Waals surface area contributed by atoms with Crippen molar-refractivity contribution < 1.29 is 13.2 Å². The molecule has 0 aliphatic carbocycles. The van der Waals surface area contributed by atoms with E-state index in [-0.39, 0.29) is 4.21 Å². The fraction of sp³-hybridized carbons (Fsp3) is 0.200. The smallest absolute Gasteiger partial charge is 0.247 e. The van der Waals surface area contributed by atoms with E-state index < -0.39 is 10.0 Å². The van der Waals surface area contributed by atoms with E-state index in [1.54, 1.807) is 0 Å². The lowest BCUT2D eigenvalue weighted by atomic mass is 10.6. The SMILES string of the molecule is COc1cc(S(N)(=O)=O)sc1Br. The topological polar surface area (TPSA) is 69.4 Å². The van der Waals surface area contributed by atoms with Crippen LogP contribution in [-0.4, -0.2) is 15.5 Å². The van der Waals surface area contributed by atoms with E-state index in [1.807, 2.05) is 0 Å². The number of nitrogens with two attached hydrogens (primary N) is 1. The zero-order valence-corrected chi connectivity index (χ0v) is 9.29. The maximum absolute atomic E-state index is 10.8. The number of methoxy groups -OCH3 is 1. The van der Waals surface area contributed by atoms with Crippen molar-refractivity contribution in [1.29, 1.82) is 0 Å². The second-order valence-corrected chi connectivity index (χ2v) is 6.11. The van der Waals surface area contributed by atoms with Crippen molar-refractivity contribution in [3.8, 4) is 5.75 Å². The van der Waals surface area contributed by atoms with Crippen molar-refractivity contribution >= 4 is 37.3 Å². The fourth-order valence-electron chi connectivity index (χ4n) is 0.611. The summed E-state index contributed by atoms with van der Waals surface area (Å²) in [6.45, 7) is 0. The summed E-state index contributed by atoms with van der Waals surface area (Å²) in [5, 5.41) is 4.90. The molecule has 1 aromatic heterocycles. The highest BCUT2D eigenvalue weighted by molar-refractivity contribution is 9.11. The number of sulfonamides is 1. The maximum Gasteiger partial charge on any atom is 0.247 e. The highest BCUT2D eigenvalue weighted by Gasteiger charge is 2.15. The van der Waals surface area contributed by atoms with E-state index in [0.717, 1.165) is 11.3 Å². The van der Waals surface area contributed by atoms with Gasteiger partial charge in [0.15, 0.2) is 0 Å². The molecule has 0 bridgehead atoms. The van der Waals surface area contributed by atoms with Gasteiger partial charge in [0.25, 0.3) is 0 Å². The molecule has 0 radical (unpaired) electrons. The van der Waals surface area contributed by atoms with Gasteiger partial charge in [-0.3, -0.25) is 0 Å². The van der Waals surface area contributed by atoms with Crippen LogP contribution in [0.4, 0.5) is 0 Å². The van der Waals surface area contributed by atoms with Gasteiger partial charge in [-0.25, -0.2) is 13.6 Å². The standard InChI is InChI=1S/C5H6BrNO3S2/c1-10-3-2-4(11-5(3)6)12(7,8)9/h2H,1H3,(H2,7,8,9). The summed E-state index contributed by atoms with van der Waals surface area (Å²) in [4.78, 5) is 0. The first kappa shape index (κ1) is 9.97. The molecule has 68 valence electrons. The molecule has 0 saturated heterocycles. The third-order valence-electron chi connectivity index (χ3n) is 1.13. The minimum Gasteiger partial charge on any atom is -0.495 e. The molecule has 0 amide bonds. The average molecular weight is 272 g/mol. The van der Waals surface area contributed by atoms with Gasteiger partial charge in [-0.15, -0.1) is 11.3 Å². The molecule has 0 fully saturated rings. The van der Waals surface area contributed by atoms with Gasteiger partial charge in [0, 0.05) is 6.07 Å². The van der Waals surface area contributed by atoms with Crippen molar-refractivity contribution in [3.05, 3.63) is 9.85 Å². The summed E-state index contributed by atoms with van der Waals surface area (Å²) < 4.78 is 27.2. The Morgan fingerprint density at radius 3 is 2.50 bits per heavy atom. The van der Waals surface area contributed by atoms with Crippen molar-refractivity contribution in [2.75, 3.05) is 7.11 Å².